The molecule has 0 N–H and O–H groups in total. The molecule has 0 spiro atoms. The maximum atomic E-state index is 2.58. The Labute approximate surface area is 537 Å². The van der Waals surface area contributed by atoms with Crippen LogP contribution < -0.4 is 14.7 Å². The SMILES string of the molecule is CC1(C)c2cc(N(c3ccc(-c4ccccc4)cc3)c3cccc4ccccc34)ccc2-c2cc3c(N(c4ccc(-c5ccccc5)cc4)c4cccc5ccccc45)c4ccccc4c(N(c4ccc(-c5ccccc5)cc4)c4cccc5ccccc45)c3cc21. The minimum atomic E-state index is -0.441. The lowest BCUT2D eigenvalue weighted by Crippen LogP contribution is -2.18. The van der Waals surface area contributed by atoms with Crippen LogP contribution in [0.4, 0.5) is 51.2 Å². The molecule has 0 aromatic heterocycles. The first-order valence-corrected chi connectivity index (χ1v) is 31.9. The van der Waals surface area contributed by atoms with Crippen LogP contribution >= 0.6 is 0 Å². The molecular weight excluding hydrogens is 1110 g/mol. The lowest BCUT2D eigenvalue weighted by Gasteiger charge is -2.34. The van der Waals surface area contributed by atoms with E-state index in [0.717, 1.165) is 72.7 Å². The molecule has 3 heteroatoms. The van der Waals surface area contributed by atoms with Crippen molar-refractivity contribution in [2.24, 2.45) is 0 Å². The highest BCUT2D eigenvalue weighted by Gasteiger charge is 2.39. The summed E-state index contributed by atoms with van der Waals surface area (Å²) in [7, 11) is 0. The van der Waals surface area contributed by atoms with Crippen LogP contribution in [0.3, 0.4) is 0 Å². The molecule has 1 aliphatic rings. The summed E-state index contributed by atoms with van der Waals surface area (Å²) in [4.78, 5) is 7.59. The lowest BCUT2D eigenvalue weighted by atomic mass is 9.81. The van der Waals surface area contributed by atoms with Crippen LogP contribution in [-0.4, -0.2) is 0 Å². The molecule has 0 aliphatic heterocycles. The molecule has 0 amide bonds. The van der Waals surface area contributed by atoms with E-state index in [1.54, 1.807) is 0 Å². The fourth-order valence-corrected chi connectivity index (χ4v) is 14.7. The topological polar surface area (TPSA) is 9.72 Å². The molecule has 0 fully saturated rings. The van der Waals surface area contributed by atoms with Crippen molar-refractivity contribution in [1.29, 1.82) is 0 Å². The van der Waals surface area contributed by atoms with Gasteiger partial charge in [-0.15, -0.1) is 0 Å². The average Bonchev–Trinajstić information content (AvgIpc) is 1.37. The Kier molecular flexibility index (Phi) is 13.2. The first-order chi connectivity index (χ1) is 45.4. The largest absolute Gasteiger partial charge is 0.310 e. The fraction of sp³-hybridized carbons (Fsp3) is 0.0337. The van der Waals surface area contributed by atoms with E-state index in [4.69, 9.17) is 0 Å². The van der Waals surface area contributed by atoms with E-state index in [9.17, 15) is 0 Å². The number of fused-ring (bicyclic) bond motifs is 8. The van der Waals surface area contributed by atoms with Crippen LogP contribution in [-0.2, 0) is 5.41 Å². The molecule has 16 aromatic carbocycles. The number of benzene rings is 16. The summed E-state index contributed by atoms with van der Waals surface area (Å²) in [5.41, 5.74) is 21.6. The number of anilines is 9. The van der Waals surface area contributed by atoms with E-state index in [0.29, 0.717) is 0 Å². The standard InChI is InChI=1S/C89H63N3/c1-89(2)82-57-72(90(84-40-20-32-66-29-12-15-35-73(66)84)69-49-43-63(44-50-69)60-23-6-3-7-24-60)55-56-76(82)79-58-80-81(59-83(79)89)88(92(86-42-22-34-68-31-14-17-37-75(68)86)71-53-47-65(48-54-71)62-27-10-5-11-28-62)78-39-19-18-38-77(78)87(80)91(85-41-21-33-67-30-13-16-36-74(67)85)70-51-45-64(46-52-70)61-25-8-4-9-26-61/h3-59H,1-2H3. The van der Waals surface area contributed by atoms with Gasteiger partial charge in [-0.3, -0.25) is 0 Å². The molecule has 1 aliphatic carbocycles. The maximum absolute atomic E-state index is 2.58. The molecule has 17 rings (SSSR count). The summed E-state index contributed by atoms with van der Waals surface area (Å²) < 4.78 is 0. The predicted octanol–water partition coefficient (Wildman–Crippen LogP) is 25.2. The van der Waals surface area contributed by atoms with Gasteiger partial charge in [-0.05, 0) is 151 Å². The highest BCUT2D eigenvalue weighted by molar-refractivity contribution is 6.26. The van der Waals surface area contributed by atoms with E-state index < -0.39 is 5.41 Å². The molecule has 0 atom stereocenters. The van der Waals surface area contributed by atoms with Crippen molar-refractivity contribution in [3.63, 3.8) is 0 Å². The molecule has 434 valence electrons. The van der Waals surface area contributed by atoms with Crippen molar-refractivity contribution in [2.45, 2.75) is 19.3 Å². The highest BCUT2D eigenvalue weighted by Crippen LogP contribution is 2.58. The summed E-state index contributed by atoms with van der Waals surface area (Å²) in [6.45, 7) is 4.88. The van der Waals surface area contributed by atoms with Gasteiger partial charge < -0.3 is 14.7 Å². The first kappa shape index (κ1) is 54.4. The molecule has 16 aromatic rings. The van der Waals surface area contributed by atoms with Gasteiger partial charge in [0.1, 0.15) is 0 Å². The smallest absolute Gasteiger partial charge is 0.0620 e. The minimum Gasteiger partial charge on any atom is -0.310 e. The maximum Gasteiger partial charge on any atom is 0.0620 e. The van der Waals surface area contributed by atoms with Gasteiger partial charge in [-0.2, -0.15) is 0 Å². The molecule has 0 radical (unpaired) electrons. The van der Waals surface area contributed by atoms with Crippen LogP contribution in [0, 0.1) is 0 Å². The Morgan fingerprint density at radius 2 is 0.511 bits per heavy atom. The third-order valence-electron chi connectivity index (χ3n) is 19.2. The number of hydrogen-bond donors (Lipinski definition) is 0. The van der Waals surface area contributed by atoms with Gasteiger partial charge in [0.2, 0.25) is 0 Å². The van der Waals surface area contributed by atoms with Crippen molar-refractivity contribution in [1.82, 2.24) is 0 Å². The number of rotatable bonds is 12. The summed E-state index contributed by atoms with van der Waals surface area (Å²) >= 11 is 0. The van der Waals surface area contributed by atoms with Gasteiger partial charge in [-0.1, -0.05) is 281 Å². The molecule has 0 unspecified atom stereocenters. The third kappa shape index (κ3) is 9.20. The van der Waals surface area contributed by atoms with E-state index in [-0.39, 0.29) is 0 Å². The normalized spacial score (nSPS) is 12.3. The second-order valence-corrected chi connectivity index (χ2v) is 24.8. The van der Waals surface area contributed by atoms with Crippen LogP contribution in [0.2, 0.25) is 0 Å². The van der Waals surface area contributed by atoms with Crippen LogP contribution in [0.1, 0.15) is 25.0 Å². The number of nitrogens with zero attached hydrogens (tertiary/aromatic N) is 3. The quantitative estimate of drug-likeness (QED) is 0.0892. The lowest BCUT2D eigenvalue weighted by molar-refractivity contribution is 0.661. The zero-order valence-corrected chi connectivity index (χ0v) is 51.3. The van der Waals surface area contributed by atoms with E-state index in [2.05, 4.69) is 374 Å². The van der Waals surface area contributed by atoms with Crippen molar-refractivity contribution in [3.05, 3.63) is 357 Å². The van der Waals surface area contributed by atoms with Gasteiger partial charge in [0.15, 0.2) is 0 Å². The Balaban J connectivity index is 0.953. The predicted molar refractivity (Wildman–Crippen MR) is 392 cm³/mol. The van der Waals surface area contributed by atoms with E-state index >= 15 is 0 Å². The zero-order valence-electron chi connectivity index (χ0n) is 51.3. The minimum absolute atomic E-state index is 0.441. The Morgan fingerprint density at radius 3 is 0.924 bits per heavy atom. The Hall–Kier alpha value is -11.8. The third-order valence-corrected chi connectivity index (χ3v) is 19.2. The van der Waals surface area contributed by atoms with Gasteiger partial charge in [0.25, 0.3) is 0 Å². The molecule has 0 saturated carbocycles. The van der Waals surface area contributed by atoms with Crippen LogP contribution in [0.15, 0.2) is 346 Å². The van der Waals surface area contributed by atoms with Crippen molar-refractivity contribution < 1.29 is 0 Å². The van der Waals surface area contributed by atoms with Gasteiger partial charge in [-0.25, -0.2) is 0 Å². The molecule has 0 bridgehead atoms. The fourth-order valence-electron chi connectivity index (χ4n) is 14.7. The summed E-state index contributed by atoms with van der Waals surface area (Å²) in [5, 5.41) is 11.7. The first-order valence-electron chi connectivity index (χ1n) is 31.9. The van der Waals surface area contributed by atoms with Crippen molar-refractivity contribution in [2.75, 3.05) is 14.7 Å². The monoisotopic (exact) mass is 1170 g/mol. The summed E-state index contributed by atoms with van der Waals surface area (Å²) in [6.07, 6.45) is 0. The number of hydrogen-bond acceptors (Lipinski definition) is 3. The zero-order chi connectivity index (χ0) is 61.3. The molecule has 92 heavy (non-hydrogen) atoms. The van der Waals surface area contributed by atoms with E-state index in [1.165, 1.54) is 88.0 Å². The van der Waals surface area contributed by atoms with Crippen LogP contribution in [0.5, 0.6) is 0 Å². The second-order valence-electron chi connectivity index (χ2n) is 24.8. The Morgan fingerprint density at radius 1 is 0.207 bits per heavy atom. The molecule has 0 heterocycles. The molecule has 0 saturated heterocycles. The highest BCUT2D eigenvalue weighted by atomic mass is 15.2. The van der Waals surface area contributed by atoms with Crippen LogP contribution in [0.25, 0.3) is 98.4 Å². The summed E-state index contributed by atoms with van der Waals surface area (Å²) in [6, 6.07) is 128. The van der Waals surface area contributed by atoms with Gasteiger partial charge in [0, 0.05) is 65.9 Å². The molecule has 3 nitrogen and oxygen atoms in total. The van der Waals surface area contributed by atoms with Crippen molar-refractivity contribution >= 4 is 105 Å². The molecular formula is C89H63N3. The average molecular weight is 1170 g/mol. The van der Waals surface area contributed by atoms with E-state index in [1.807, 2.05) is 0 Å². The van der Waals surface area contributed by atoms with Crippen molar-refractivity contribution in [3.8, 4) is 44.5 Å². The second kappa shape index (κ2) is 22.4. The van der Waals surface area contributed by atoms with Gasteiger partial charge >= 0.3 is 0 Å². The Bertz CT molecular complexity index is 5450. The summed E-state index contributed by atoms with van der Waals surface area (Å²) in [5.74, 6) is 0. The van der Waals surface area contributed by atoms with Gasteiger partial charge in [0.05, 0.1) is 28.4 Å².